The molecule has 15 rings (SSSR count). The molecule has 5 aliphatic carbocycles. The average molecular weight is 845 g/mol. The average Bonchev–Trinajstić information content (AvgIpc) is 3.66. The Balaban J connectivity index is 0.955. The van der Waals surface area contributed by atoms with Crippen LogP contribution in [0.5, 0.6) is 0 Å². The van der Waals surface area contributed by atoms with Crippen LogP contribution in [0.15, 0.2) is 206 Å². The van der Waals surface area contributed by atoms with Crippen molar-refractivity contribution in [3.63, 3.8) is 0 Å². The molecule has 0 radical (unpaired) electrons. The summed E-state index contributed by atoms with van der Waals surface area (Å²) < 4.78 is 0. The molecule has 1 aromatic heterocycles. The number of hydrogen-bond acceptors (Lipinski definition) is 2. The monoisotopic (exact) mass is 844 g/mol. The van der Waals surface area contributed by atoms with Gasteiger partial charge in [-0.15, -0.1) is 0 Å². The molecule has 0 aliphatic heterocycles. The van der Waals surface area contributed by atoms with E-state index >= 15 is 0 Å². The van der Waals surface area contributed by atoms with E-state index < -0.39 is 0 Å². The highest BCUT2D eigenvalue weighted by molar-refractivity contribution is 6.10. The molecule has 0 amide bonds. The molecular formula is C64H48N2. The second-order valence-electron chi connectivity index (χ2n) is 19.6. The fraction of sp³-hybridized carbons (Fsp3) is 0.156. The maximum atomic E-state index is 5.38. The van der Waals surface area contributed by atoms with Crippen LogP contribution in [0.1, 0.15) is 43.2 Å². The largest absolute Gasteiger partial charge is 0.228 e. The third-order valence-corrected chi connectivity index (χ3v) is 16.3. The van der Waals surface area contributed by atoms with Crippen molar-refractivity contribution in [1.29, 1.82) is 0 Å². The lowest BCUT2D eigenvalue weighted by Gasteiger charge is -2.61. The minimum absolute atomic E-state index is 0.0867. The molecule has 4 saturated carbocycles. The first kappa shape index (κ1) is 37.9. The van der Waals surface area contributed by atoms with Crippen LogP contribution in [0.4, 0.5) is 0 Å². The van der Waals surface area contributed by atoms with Crippen LogP contribution in [0, 0.1) is 23.7 Å². The van der Waals surface area contributed by atoms with Gasteiger partial charge < -0.3 is 0 Å². The van der Waals surface area contributed by atoms with E-state index in [4.69, 9.17) is 9.97 Å². The Kier molecular flexibility index (Phi) is 8.50. The molecule has 0 N–H and O–H groups in total. The van der Waals surface area contributed by atoms with Gasteiger partial charge in [-0.2, -0.15) is 0 Å². The normalized spacial score (nSPS) is 21.1. The van der Waals surface area contributed by atoms with Crippen molar-refractivity contribution in [1.82, 2.24) is 9.97 Å². The Labute approximate surface area is 386 Å². The highest BCUT2D eigenvalue weighted by atomic mass is 14.9. The van der Waals surface area contributed by atoms with E-state index in [1.54, 1.807) is 11.1 Å². The summed E-state index contributed by atoms with van der Waals surface area (Å²) in [6.45, 7) is 0. The van der Waals surface area contributed by atoms with Gasteiger partial charge in [0.1, 0.15) is 0 Å². The third-order valence-electron chi connectivity index (χ3n) is 16.3. The number of nitrogens with zero attached hydrogens (tertiary/aromatic N) is 2. The van der Waals surface area contributed by atoms with Gasteiger partial charge in [0.25, 0.3) is 0 Å². The minimum atomic E-state index is 0.0867. The standard InChI is InChI=1S/C64H48N2/c1-3-16-42(17-4-1)48-22-9-13-26-54(48)60-39-61(66-63(65-60)43-18-5-2-6-19-43)55-27-14-12-25-51(55)52-30-31-53(50-24-11-10-23-49(50)52)56-28-15-29-58-62(56)57-37-44-20-7-8-21-45(44)38-59(57)64(58)46-33-40-32-41(35-46)36-47(64)34-40/h1-31,37-41,46-47H,32-36H2. The number of hydrogen-bond donors (Lipinski definition) is 0. The van der Waals surface area contributed by atoms with Gasteiger partial charge in [0.15, 0.2) is 5.82 Å². The first-order valence-electron chi connectivity index (χ1n) is 24.1. The molecule has 0 saturated heterocycles. The summed E-state index contributed by atoms with van der Waals surface area (Å²) in [7, 11) is 0. The summed E-state index contributed by atoms with van der Waals surface area (Å²) in [5, 5.41) is 5.23. The van der Waals surface area contributed by atoms with Crippen LogP contribution in [-0.2, 0) is 5.41 Å². The van der Waals surface area contributed by atoms with Gasteiger partial charge in [0.05, 0.1) is 11.4 Å². The van der Waals surface area contributed by atoms with Crippen LogP contribution < -0.4 is 0 Å². The summed E-state index contributed by atoms with van der Waals surface area (Å²) in [4.78, 5) is 10.7. The van der Waals surface area contributed by atoms with Gasteiger partial charge in [0, 0.05) is 22.1 Å². The number of benzene rings is 9. The van der Waals surface area contributed by atoms with Crippen LogP contribution in [0.2, 0.25) is 0 Å². The van der Waals surface area contributed by atoms with E-state index in [9.17, 15) is 0 Å². The predicted molar refractivity (Wildman–Crippen MR) is 273 cm³/mol. The molecule has 9 aromatic carbocycles. The molecule has 66 heavy (non-hydrogen) atoms. The summed E-state index contributed by atoms with van der Waals surface area (Å²) in [5.74, 6) is 3.92. The van der Waals surface area contributed by atoms with Gasteiger partial charge in [-0.05, 0) is 151 Å². The zero-order chi connectivity index (χ0) is 43.3. The van der Waals surface area contributed by atoms with E-state index in [2.05, 4.69) is 206 Å². The number of rotatable bonds is 6. The second-order valence-corrected chi connectivity index (χ2v) is 19.6. The van der Waals surface area contributed by atoms with E-state index in [1.165, 1.54) is 81.5 Å². The molecule has 2 nitrogen and oxygen atoms in total. The fourth-order valence-corrected chi connectivity index (χ4v) is 13.9. The van der Waals surface area contributed by atoms with Crippen LogP contribution in [-0.4, -0.2) is 9.97 Å². The topological polar surface area (TPSA) is 25.8 Å². The lowest BCUT2D eigenvalue weighted by molar-refractivity contribution is -0.0398. The Morgan fingerprint density at radius 2 is 0.833 bits per heavy atom. The maximum Gasteiger partial charge on any atom is 0.160 e. The van der Waals surface area contributed by atoms with Crippen molar-refractivity contribution >= 4 is 21.5 Å². The molecule has 10 aromatic rings. The zero-order valence-electron chi connectivity index (χ0n) is 36.9. The second kappa shape index (κ2) is 14.8. The summed E-state index contributed by atoms with van der Waals surface area (Å²) >= 11 is 0. The first-order chi connectivity index (χ1) is 32.7. The van der Waals surface area contributed by atoms with Crippen molar-refractivity contribution in [2.45, 2.75) is 37.5 Å². The Hall–Kier alpha value is -7.42. The molecule has 5 aliphatic rings. The molecule has 314 valence electrons. The minimum Gasteiger partial charge on any atom is -0.228 e. The third kappa shape index (κ3) is 5.67. The molecule has 4 bridgehead atoms. The first-order valence-corrected chi connectivity index (χ1v) is 24.1. The van der Waals surface area contributed by atoms with Crippen LogP contribution >= 0.6 is 0 Å². The van der Waals surface area contributed by atoms with Crippen LogP contribution in [0.3, 0.4) is 0 Å². The predicted octanol–water partition coefficient (Wildman–Crippen LogP) is 16.5. The fourth-order valence-electron chi connectivity index (χ4n) is 13.9. The SMILES string of the molecule is c1ccc(-c2nc(-c3ccccc3-c3ccccc3)cc(-c3ccccc3-c3ccc(-c4cccc5c4-c4cc6ccccc6cc4C54C5CC6CC(C5)CC4C6)c4ccccc34)n2)cc1. The number of fused-ring (bicyclic) bond motifs is 5. The van der Waals surface area contributed by atoms with Crippen molar-refractivity contribution in [3.05, 3.63) is 217 Å². The molecule has 1 spiro atoms. The molecule has 0 unspecified atom stereocenters. The van der Waals surface area contributed by atoms with E-state index in [0.717, 1.165) is 56.6 Å². The smallest absolute Gasteiger partial charge is 0.160 e. The van der Waals surface area contributed by atoms with E-state index in [-0.39, 0.29) is 5.41 Å². The van der Waals surface area contributed by atoms with Crippen molar-refractivity contribution in [3.8, 4) is 78.4 Å². The zero-order valence-corrected chi connectivity index (χ0v) is 36.9. The Bertz CT molecular complexity index is 3520. The molecule has 4 fully saturated rings. The molecule has 1 heterocycles. The summed E-state index contributed by atoms with van der Waals surface area (Å²) in [6, 6.07) is 76.1. The summed E-state index contributed by atoms with van der Waals surface area (Å²) in [6.07, 6.45) is 6.96. The maximum absolute atomic E-state index is 5.38. The van der Waals surface area contributed by atoms with Crippen molar-refractivity contribution in [2.24, 2.45) is 23.7 Å². The van der Waals surface area contributed by atoms with Crippen molar-refractivity contribution < 1.29 is 0 Å². The van der Waals surface area contributed by atoms with Gasteiger partial charge in [-0.3, -0.25) is 0 Å². The van der Waals surface area contributed by atoms with Gasteiger partial charge >= 0.3 is 0 Å². The van der Waals surface area contributed by atoms with Crippen molar-refractivity contribution in [2.75, 3.05) is 0 Å². The van der Waals surface area contributed by atoms with E-state index in [0.29, 0.717) is 17.7 Å². The van der Waals surface area contributed by atoms with Crippen LogP contribution in [0.25, 0.3) is 100.0 Å². The molecule has 2 heteroatoms. The highest BCUT2D eigenvalue weighted by Gasteiger charge is 2.61. The van der Waals surface area contributed by atoms with Gasteiger partial charge in [-0.25, -0.2) is 9.97 Å². The Morgan fingerprint density at radius 1 is 0.333 bits per heavy atom. The lowest BCUT2D eigenvalue weighted by Crippen LogP contribution is -2.55. The quantitative estimate of drug-likeness (QED) is 0.167. The van der Waals surface area contributed by atoms with E-state index in [1.807, 2.05) is 0 Å². The van der Waals surface area contributed by atoms with Gasteiger partial charge in [0.2, 0.25) is 0 Å². The lowest BCUT2D eigenvalue weighted by atomic mass is 9.43. The molecule has 0 atom stereocenters. The number of aromatic nitrogens is 2. The van der Waals surface area contributed by atoms with Gasteiger partial charge in [-0.1, -0.05) is 188 Å². The summed E-state index contributed by atoms with van der Waals surface area (Å²) in [5.41, 5.74) is 18.5. The highest BCUT2D eigenvalue weighted by Crippen LogP contribution is 2.70. The molecular weight excluding hydrogens is 797 g/mol. The Morgan fingerprint density at radius 3 is 1.48 bits per heavy atom.